The number of likely N-dealkylation sites (tertiary alicyclic amines) is 1. The van der Waals surface area contributed by atoms with E-state index in [0.717, 1.165) is 49.4 Å². The number of hydrogen-bond acceptors (Lipinski definition) is 3. The summed E-state index contributed by atoms with van der Waals surface area (Å²) in [5, 5.41) is 0.616. The molecule has 0 bridgehead atoms. The molecule has 0 amide bonds. The van der Waals surface area contributed by atoms with E-state index in [1.54, 1.807) is 12.1 Å². The molecule has 6 heteroatoms. The van der Waals surface area contributed by atoms with E-state index in [1.165, 1.54) is 6.07 Å². The third-order valence-corrected chi connectivity index (χ3v) is 6.39. The van der Waals surface area contributed by atoms with E-state index in [-0.39, 0.29) is 10.6 Å². The van der Waals surface area contributed by atoms with E-state index in [4.69, 9.17) is 16.6 Å². The van der Waals surface area contributed by atoms with Gasteiger partial charge in [0.2, 0.25) is 0 Å². The standard InChI is InChI=1S/C24H27ClFN3O/c1-3-22-27-21-9-5-8-18(17-10-11-20(26)19(25)13-17)23(21)24(30)29(22)15-16-7-6-12-28(4-2)14-16/h5,8-11,13,16H,3-4,6-7,12,14-15H2,1-2H3/t16-/m0/s1. The van der Waals surface area contributed by atoms with Gasteiger partial charge in [0.1, 0.15) is 11.6 Å². The second-order valence-corrected chi connectivity index (χ2v) is 8.43. The highest BCUT2D eigenvalue weighted by atomic mass is 35.5. The fraction of sp³-hybridized carbons (Fsp3) is 0.417. The van der Waals surface area contributed by atoms with Crippen LogP contribution in [0.25, 0.3) is 22.0 Å². The van der Waals surface area contributed by atoms with Gasteiger partial charge in [0.15, 0.2) is 0 Å². The molecule has 1 atom stereocenters. The van der Waals surface area contributed by atoms with E-state index in [0.29, 0.717) is 29.8 Å². The molecule has 4 rings (SSSR count). The van der Waals surface area contributed by atoms with Crippen LogP contribution in [0.2, 0.25) is 5.02 Å². The number of nitrogens with zero attached hydrogens (tertiary/aromatic N) is 3. The number of benzene rings is 2. The number of rotatable bonds is 5. The van der Waals surface area contributed by atoms with Crippen molar-refractivity contribution in [1.82, 2.24) is 14.5 Å². The minimum absolute atomic E-state index is 0.0264. The van der Waals surface area contributed by atoms with Crippen LogP contribution in [0, 0.1) is 11.7 Å². The third kappa shape index (κ3) is 4.01. The highest BCUT2D eigenvalue weighted by Gasteiger charge is 2.22. The summed E-state index contributed by atoms with van der Waals surface area (Å²) in [5.41, 5.74) is 2.10. The molecule has 3 aromatic rings. The molecule has 0 saturated carbocycles. The van der Waals surface area contributed by atoms with Gasteiger partial charge < -0.3 is 4.90 Å². The van der Waals surface area contributed by atoms with Gasteiger partial charge in [-0.2, -0.15) is 0 Å². The largest absolute Gasteiger partial charge is 0.303 e. The monoisotopic (exact) mass is 427 g/mol. The number of halogens is 2. The molecular formula is C24H27ClFN3O. The van der Waals surface area contributed by atoms with Crippen LogP contribution in [-0.2, 0) is 13.0 Å². The first-order valence-electron chi connectivity index (χ1n) is 10.7. The summed E-state index contributed by atoms with van der Waals surface area (Å²) in [6.07, 6.45) is 2.98. The molecular weight excluding hydrogens is 401 g/mol. The van der Waals surface area contributed by atoms with Gasteiger partial charge >= 0.3 is 0 Å². The average molecular weight is 428 g/mol. The SMILES string of the molecule is CCc1nc2cccc(-c3ccc(F)c(Cl)c3)c2c(=O)n1C[C@H]1CCCN(CC)C1. The smallest absolute Gasteiger partial charge is 0.262 e. The number of fused-ring (bicyclic) bond motifs is 1. The maximum Gasteiger partial charge on any atom is 0.262 e. The zero-order valence-electron chi connectivity index (χ0n) is 17.5. The molecule has 0 aliphatic carbocycles. The van der Waals surface area contributed by atoms with Gasteiger partial charge in [-0.1, -0.05) is 43.6 Å². The van der Waals surface area contributed by atoms with Crippen LogP contribution in [0.1, 0.15) is 32.5 Å². The third-order valence-electron chi connectivity index (χ3n) is 6.10. The van der Waals surface area contributed by atoms with Crippen molar-refractivity contribution in [3.63, 3.8) is 0 Å². The lowest BCUT2D eigenvalue weighted by atomic mass is 9.97. The predicted octanol–water partition coefficient (Wildman–Crippen LogP) is 5.15. The summed E-state index contributed by atoms with van der Waals surface area (Å²) >= 11 is 6.01. The molecule has 4 nitrogen and oxygen atoms in total. The molecule has 1 fully saturated rings. The summed E-state index contributed by atoms with van der Waals surface area (Å²) in [6.45, 7) is 8.08. The second kappa shape index (κ2) is 8.86. The first-order valence-corrected chi connectivity index (χ1v) is 11.1. The van der Waals surface area contributed by atoms with Gasteiger partial charge in [-0.05, 0) is 61.2 Å². The minimum atomic E-state index is -0.470. The Morgan fingerprint density at radius 3 is 2.80 bits per heavy atom. The van der Waals surface area contributed by atoms with Gasteiger partial charge in [-0.15, -0.1) is 0 Å². The Morgan fingerprint density at radius 2 is 2.07 bits per heavy atom. The Balaban J connectivity index is 1.83. The van der Waals surface area contributed by atoms with Crippen molar-refractivity contribution in [1.29, 1.82) is 0 Å². The van der Waals surface area contributed by atoms with Crippen molar-refractivity contribution in [2.75, 3.05) is 19.6 Å². The van der Waals surface area contributed by atoms with Crippen molar-refractivity contribution in [2.45, 2.75) is 39.7 Å². The predicted molar refractivity (Wildman–Crippen MR) is 121 cm³/mol. The van der Waals surface area contributed by atoms with E-state index >= 15 is 0 Å². The molecule has 2 heterocycles. The molecule has 0 unspecified atom stereocenters. The van der Waals surface area contributed by atoms with Crippen molar-refractivity contribution in [2.24, 2.45) is 5.92 Å². The number of piperidine rings is 1. The quantitative estimate of drug-likeness (QED) is 0.565. The fourth-order valence-corrected chi connectivity index (χ4v) is 4.70. The van der Waals surface area contributed by atoms with Crippen molar-refractivity contribution in [3.05, 3.63) is 63.4 Å². The van der Waals surface area contributed by atoms with Gasteiger partial charge in [0, 0.05) is 19.5 Å². The normalized spacial score (nSPS) is 17.5. The molecule has 2 aromatic carbocycles. The van der Waals surface area contributed by atoms with Crippen LogP contribution in [0.5, 0.6) is 0 Å². The molecule has 1 aromatic heterocycles. The van der Waals surface area contributed by atoms with Gasteiger partial charge in [0.25, 0.3) is 5.56 Å². The molecule has 1 aliphatic rings. The molecule has 0 radical (unpaired) electrons. The highest BCUT2D eigenvalue weighted by Crippen LogP contribution is 2.29. The maximum absolute atomic E-state index is 13.7. The molecule has 1 saturated heterocycles. The average Bonchev–Trinajstić information content (AvgIpc) is 2.77. The van der Waals surface area contributed by atoms with Crippen LogP contribution in [0.4, 0.5) is 4.39 Å². The summed E-state index contributed by atoms with van der Waals surface area (Å²) in [4.78, 5) is 21.0. The van der Waals surface area contributed by atoms with Crippen LogP contribution < -0.4 is 5.56 Å². The lowest BCUT2D eigenvalue weighted by Gasteiger charge is -2.32. The van der Waals surface area contributed by atoms with Crippen LogP contribution in [0.3, 0.4) is 0 Å². The van der Waals surface area contributed by atoms with E-state index in [9.17, 15) is 9.18 Å². The number of aromatic nitrogens is 2. The molecule has 0 spiro atoms. The van der Waals surface area contributed by atoms with Crippen LogP contribution >= 0.6 is 11.6 Å². The number of aryl methyl sites for hydroxylation is 1. The van der Waals surface area contributed by atoms with Crippen molar-refractivity contribution < 1.29 is 4.39 Å². The zero-order valence-corrected chi connectivity index (χ0v) is 18.3. The summed E-state index contributed by atoms with van der Waals surface area (Å²) < 4.78 is 15.5. The summed E-state index contributed by atoms with van der Waals surface area (Å²) in [6, 6.07) is 10.2. The first kappa shape index (κ1) is 21.0. The summed E-state index contributed by atoms with van der Waals surface area (Å²) in [5.74, 6) is 0.783. The fourth-order valence-electron chi connectivity index (χ4n) is 4.52. The lowest BCUT2D eigenvalue weighted by molar-refractivity contribution is 0.168. The first-order chi connectivity index (χ1) is 14.5. The molecule has 1 aliphatic heterocycles. The van der Waals surface area contributed by atoms with E-state index in [1.807, 2.05) is 29.7 Å². The topological polar surface area (TPSA) is 38.1 Å². The second-order valence-electron chi connectivity index (χ2n) is 8.03. The molecule has 30 heavy (non-hydrogen) atoms. The highest BCUT2D eigenvalue weighted by molar-refractivity contribution is 6.31. The Bertz CT molecular complexity index is 1130. The van der Waals surface area contributed by atoms with Crippen molar-refractivity contribution >= 4 is 22.5 Å². The Kier molecular flexibility index (Phi) is 6.21. The van der Waals surface area contributed by atoms with E-state index < -0.39 is 5.82 Å². The van der Waals surface area contributed by atoms with Crippen molar-refractivity contribution in [3.8, 4) is 11.1 Å². The van der Waals surface area contributed by atoms with Crippen LogP contribution in [0.15, 0.2) is 41.2 Å². The summed E-state index contributed by atoms with van der Waals surface area (Å²) in [7, 11) is 0. The van der Waals surface area contributed by atoms with E-state index in [2.05, 4.69) is 11.8 Å². The molecule has 158 valence electrons. The number of hydrogen-bond donors (Lipinski definition) is 0. The van der Waals surface area contributed by atoms with Crippen LogP contribution in [-0.4, -0.2) is 34.1 Å². The van der Waals surface area contributed by atoms with Gasteiger partial charge in [-0.3, -0.25) is 9.36 Å². The lowest BCUT2D eigenvalue weighted by Crippen LogP contribution is -2.39. The Morgan fingerprint density at radius 1 is 1.23 bits per heavy atom. The Hall–Kier alpha value is -2.24. The molecule has 0 N–H and O–H groups in total. The maximum atomic E-state index is 13.7. The van der Waals surface area contributed by atoms with Gasteiger partial charge in [-0.25, -0.2) is 9.37 Å². The Labute approximate surface area is 181 Å². The van der Waals surface area contributed by atoms with Gasteiger partial charge in [0.05, 0.1) is 15.9 Å². The zero-order chi connectivity index (χ0) is 21.3. The minimum Gasteiger partial charge on any atom is -0.303 e.